The first-order chi connectivity index (χ1) is 14.3. The van der Waals surface area contributed by atoms with E-state index in [9.17, 15) is 22.4 Å². The fourth-order valence-corrected chi connectivity index (χ4v) is 5.58. The number of carbonyl (C=O) groups excluding carboxylic acids is 1. The van der Waals surface area contributed by atoms with E-state index in [4.69, 9.17) is 0 Å². The molecule has 2 aliphatic heterocycles. The first-order valence-corrected chi connectivity index (χ1v) is 11.7. The Morgan fingerprint density at radius 2 is 1.87 bits per heavy atom. The molecule has 4 rings (SSSR count). The van der Waals surface area contributed by atoms with Crippen LogP contribution in [0, 0.1) is 11.7 Å². The number of benzene rings is 1. The monoisotopic (exact) mass is 433 g/mol. The Kier molecular flexibility index (Phi) is 5.40. The zero-order valence-electron chi connectivity index (χ0n) is 16.7. The molecule has 0 radical (unpaired) electrons. The van der Waals surface area contributed by atoms with Crippen molar-refractivity contribution in [2.45, 2.75) is 32.2 Å². The van der Waals surface area contributed by atoms with Gasteiger partial charge in [-0.3, -0.25) is 14.3 Å². The zero-order chi connectivity index (χ0) is 21.5. The number of hydrogen-bond donors (Lipinski definition) is 1. The van der Waals surface area contributed by atoms with Gasteiger partial charge < -0.3 is 9.47 Å². The van der Waals surface area contributed by atoms with Crippen LogP contribution in [0.5, 0.6) is 0 Å². The number of aromatic nitrogens is 1. The summed E-state index contributed by atoms with van der Waals surface area (Å²) in [4.78, 5) is 27.5. The first kappa shape index (κ1) is 20.6. The zero-order valence-corrected chi connectivity index (χ0v) is 17.5. The summed E-state index contributed by atoms with van der Waals surface area (Å²) in [5, 5.41) is 0. The largest absolute Gasteiger partial charge is 0.338 e. The topological polar surface area (TPSA) is 88.5 Å². The third kappa shape index (κ3) is 3.98. The summed E-state index contributed by atoms with van der Waals surface area (Å²) in [5.41, 5.74) is 0.965. The van der Waals surface area contributed by atoms with E-state index in [0.29, 0.717) is 31.6 Å². The van der Waals surface area contributed by atoms with Crippen LogP contribution in [-0.2, 0) is 16.6 Å². The number of halogens is 1. The van der Waals surface area contributed by atoms with Crippen LogP contribution < -0.4 is 10.3 Å². The summed E-state index contributed by atoms with van der Waals surface area (Å²) in [6.45, 7) is 3.16. The minimum Gasteiger partial charge on any atom is -0.338 e. The van der Waals surface area contributed by atoms with Crippen LogP contribution in [0.25, 0.3) is 0 Å². The molecule has 2 aromatic rings. The number of fused-ring (bicyclic) bond motifs is 4. The highest BCUT2D eigenvalue weighted by Gasteiger charge is 2.37. The number of sulfonamides is 1. The van der Waals surface area contributed by atoms with Crippen molar-refractivity contribution in [2.75, 3.05) is 23.6 Å². The molecule has 2 bridgehead atoms. The Balaban J connectivity index is 1.58. The number of pyridine rings is 1. The molecule has 1 saturated heterocycles. The van der Waals surface area contributed by atoms with Gasteiger partial charge in [0.25, 0.3) is 11.5 Å². The predicted molar refractivity (Wildman–Crippen MR) is 112 cm³/mol. The van der Waals surface area contributed by atoms with Gasteiger partial charge in [-0.25, -0.2) is 12.8 Å². The summed E-state index contributed by atoms with van der Waals surface area (Å²) >= 11 is 0. The number of rotatable bonds is 5. The molecule has 0 aliphatic carbocycles. The lowest BCUT2D eigenvalue weighted by Crippen LogP contribution is -2.49. The number of amides is 1. The van der Waals surface area contributed by atoms with E-state index in [2.05, 4.69) is 4.72 Å². The van der Waals surface area contributed by atoms with E-state index in [0.717, 1.165) is 12.1 Å². The van der Waals surface area contributed by atoms with Gasteiger partial charge >= 0.3 is 0 Å². The molecule has 1 aromatic heterocycles. The minimum atomic E-state index is -3.55. The maximum Gasteiger partial charge on any atom is 0.275 e. The lowest BCUT2D eigenvalue weighted by Gasteiger charge is -2.43. The fraction of sp³-hybridized carbons (Fsp3) is 0.429. The third-order valence-electron chi connectivity index (χ3n) is 5.72. The molecule has 2 atom stereocenters. The van der Waals surface area contributed by atoms with Crippen molar-refractivity contribution >= 4 is 21.6 Å². The number of anilines is 1. The summed E-state index contributed by atoms with van der Waals surface area (Å²) in [6.07, 6.45) is 1.33. The lowest BCUT2D eigenvalue weighted by atomic mass is 9.83. The lowest BCUT2D eigenvalue weighted by molar-refractivity contribution is 0.0594. The van der Waals surface area contributed by atoms with Gasteiger partial charge in [-0.2, -0.15) is 0 Å². The summed E-state index contributed by atoms with van der Waals surface area (Å²) in [6, 6.07) is 8.80. The number of carbonyl (C=O) groups is 1. The average molecular weight is 434 g/mol. The van der Waals surface area contributed by atoms with Gasteiger partial charge in [0.2, 0.25) is 10.0 Å². The van der Waals surface area contributed by atoms with Gasteiger partial charge in [0, 0.05) is 36.8 Å². The van der Waals surface area contributed by atoms with Gasteiger partial charge in [0.1, 0.15) is 11.5 Å². The Hall–Kier alpha value is -2.68. The number of nitrogens with one attached hydrogen (secondary N) is 1. The molecule has 0 unspecified atom stereocenters. The predicted octanol–water partition coefficient (Wildman–Crippen LogP) is 2.40. The maximum atomic E-state index is 13.2. The van der Waals surface area contributed by atoms with Crippen molar-refractivity contribution in [2.24, 2.45) is 5.92 Å². The van der Waals surface area contributed by atoms with Gasteiger partial charge in [-0.1, -0.05) is 6.92 Å². The third-order valence-corrected chi connectivity index (χ3v) is 7.20. The first-order valence-electron chi connectivity index (χ1n) is 10.1. The van der Waals surface area contributed by atoms with E-state index < -0.39 is 10.0 Å². The van der Waals surface area contributed by atoms with Crippen molar-refractivity contribution in [1.82, 2.24) is 9.47 Å². The second kappa shape index (κ2) is 7.86. The fourth-order valence-electron chi connectivity index (χ4n) is 4.45. The van der Waals surface area contributed by atoms with E-state index in [1.165, 1.54) is 30.3 Å². The summed E-state index contributed by atoms with van der Waals surface area (Å²) < 4.78 is 41.3. The SMILES string of the molecule is CCCS(=O)(=O)Nc1ccc2n(c1=O)C[C@H]1C[C@@H]2CN(C(=O)c2ccc(F)cc2)C1. The molecule has 1 fully saturated rings. The van der Waals surface area contributed by atoms with Gasteiger partial charge in [0.05, 0.1) is 5.75 Å². The Morgan fingerprint density at radius 1 is 1.13 bits per heavy atom. The van der Waals surface area contributed by atoms with Crippen LogP contribution in [0.1, 0.15) is 41.7 Å². The normalized spacial score (nSPS) is 20.5. The Bertz CT molecular complexity index is 1130. The van der Waals surface area contributed by atoms with Crippen molar-refractivity contribution < 1.29 is 17.6 Å². The number of likely N-dealkylation sites (tertiary alicyclic amines) is 1. The number of piperidine rings is 1. The molecule has 160 valence electrons. The van der Waals surface area contributed by atoms with E-state index >= 15 is 0 Å². The summed E-state index contributed by atoms with van der Waals surface area (Å²) in [7, 11) is -3.55. The second-order valence-electron chi connectivity index (χ2n) is 8.02. The Labute approximate surface area is 174 Å². The van der Waals surface area contributed by atoms with Crippen LogP contribution in [0.3, 0.4) is 0 Å². The standard InChI is InChI=1S/C21H24FN3O4S/c1-2-9-30(28,29)23-18-7-8-19-16-10-14(12-25(19)21(18)27)11-24(13-16)20(26)15-3-5-17(22)6-4-15/h3-8,14,16,23H,2,9-13H2,1H3/t14-,16+/m0/s1. The highest BCUT2D eigenvalue weighted by molar-refractivity contribution is 7.92. The van der Waals surface area contributed by atoms with Crippen LogP contribution in [0.15, 0.2) is 41.2 Å². The van der Waals surface area contributed by atoms with Gasteiger partial charge in [-0.15, -0.1) is 0 Å². The van der Waals surface area contributed by atoms with E-state index in [1.807, 2.05) is 0 Å². The molecular weight excluding hydrogens is 409 g/mol. The molecule has 0 saturated carbocycles. The molecule has 7 nitrogen and oxygen atoms in total. The Morgan fingerprint density at radius 3 is 2.57 bits per heavy atom. The highest BCUT2D eigenvalue weighted by Crippen LogP contribution is 2.36. The van der Waals surface area contributed by atoms with Crippen LogP contribution in [0.2, 0.25) is 0 Å². The van der Waals surface area contributed by atoms with Gasteiger partial charge in [0.15, 0.2) is 0 Å². The number of hydrogen-bond acceptors (Lipinski definition) is 4. The molecular formula is C21H24FN3O4S. The molecule has 0 spiro atoms. The molecule has 9 heteroatoms. The smallest absolute Gasteiger partial charge is 0.275 e. The average Bonchev–Trinajstić information content (AvgIpc) is 2.70. The molecule has 1 aromatic carbocycles. The maximum absolute atomic E-state index is 13.2. The van der Waals surface area contributed by atoms with E-state index in [1.54, 1.807) is 22.5 Å². The van der Waals surface area contributed by atoms with Crippen LogP contribution >= 0.6 is 0 Å². The highest BCUT2D eigenvalue weighted by atomic mass is 32.2. The van der Waals surface area contributed by atoms with Crippen LogP contribution in [0.4, 0.5) is 10.1 Å². The molecule has 1 N–H and O–H groups in total. The molecule has 30 heavy (non-hydrogen) atoms. The minimum absolute atomic E-state index is 0.00380. The second-order valence-corrected chi connectivity index (χ2v) is 9.87. The van der Waals surface area contributed by atoms with Crippen LogP contribution in [-0.4, -0.2) is 42.6 Å². The molecule has 1 amide bonds. The van der Waals surface area contributed by atoms with Crippen molar-refractivity contribution in [1.29, 1.82) is 0 Å². The number of nitrogens with zero attached hydrogens (tertiary/aromatic N) is 2. The van der Waals surface area contributed by atoms with E-state index in [-0.39, 0.29) is 40.6 Å². The molecule has 2 aliphatic rings. The summed E-state index contributed by atoms with van der Waals surface area (Å²) in [5.74, 6) is -0.484. The molecule has 3 heterocycles. The van der Waals surface area contributed by atoms with Crippen molar-refractivity contribution in [3.63, 3.8) is 0 Å². The van der Waals surface area contributed by atoms with Gasteiger partial charge in [-0.05, 0) is 55.2 Å². The quantitative estimate of drug-likeness (QED) is 0.784. The van der Waals surface area contributed by atoms with Crippen molar-refractivity contribution in [3.8, 4) is 0 Å². The van der Waals surface area contributed by atoms with Crippen molar-refractivity contribution in [3.05, 3.63) is 63.8 Å².